The smallest absolute Gasteiger partial charge is 0.234 e. The fourth-order valence-electron chi connectivity index (χ4n) is 1.85. The van der Waals surface area contributed by atoms with E-state index in [1.165, 1.54) is 11.1 Å². The highest BCUT2D eigenvalue weighted by atomic mass is 16.2. The number of hydrogen-bond donors (Lipinski definition) is 1. The van der Waals surface area contributed by atoms with Gasteiger partial charge in [-0.1, -0.05) is 24.3 Å². The molecule has 1 aromatic rings. The van der Waals surface area contributed by atoms with Gasteiger partial charge in [-0.15, -0.1) is 0 Å². The van der Waals surface area contributed by atoms with E-state index in [0.717, 1.165) is 19.6 Å². The van der Waals surface area contributed by atoms with Crippen molar-refractivity contribution in [2.24, 2.45) is 0 Å². The molecule has 1 aliphatic rings. The molecule has 0 aliphatic carbocycles. The molecule has 0 saturated carbocycles. The summed E-state index contributed by atoms with van der Waals surface area (Å²) < 4.78 is 0. The zero-order valence-corrected chi connectivity index (χ0v) is 8.99. The van der Waals surface area contributed by atoms with Gasteiger partial charge in [0, 0.05) is 19.6 Å². The minimum atomic E-state index is 0.134. The number of carbonyl (C=O) groups is 1. The van der Waals surface area contributed by atoms with Gasteiger partial charge in [0.2, 0.25) is 5.91 Å². The van der Waals surface area contributed by atoms with Crippen LogP contribution in [0.25, 0.3) is 0 Å². The third-order valence-electron chi connectivity index (χ3n) is 2.77. The Morgan fingerprint density at radius 2 is 2.20 bits per heavy atom. The van der Waals surface area contributed by atoms with Crippen LogP contribution in [0.4, 0.5) is 0 Å². The van der Waals surface area contributed by atoms with Crippen LogP contribution < -0.4 is 5.32 Å². The Morgan fingerprint density at radius 3 is 2.93 bits per heavy atom. The lowest BCUT2D eigenvalue weighted by molar-refractivity contribution is -0.124. The van der Waals surface area contributed by atoms with Gasteiger partial charge in [0.1, 0.15) is 0 Å². The molecular formula is C12H16N2O. The highest BCUT2D eigenvalue weighted by Gasteiger charge is 2.16. The van der Waals surface area contributed by atoms with Gasteiger partial charge in [0.25, 0.3) is 0 Å². The summed E-state index contributed by atoms with van der Waals surface area (Å²) in [5, 5.41) is 2.83. The molecule has 0 aromatic heterocycles. The summed E-state index contributed by atoms with van der Waals surface area (Å²) in [6.07, 6.45) is 0. The summed E-state index contributed by atoms with van der Waals surface area (Å²) in [5.41, 5.74) is 2.61. The average molecular weight is 204 g/mol. The fourth-order valence-corrected chi connectivity index (χ4v) is 1.85. The number of carbonyl (C=O) groups excluding carboxylic acids is 1. The molecule has 0 bridgehead atoms. The molecule has 1 saturated heterocycles. The maximum Gasteiger partial charge on any atom is 0.234 e. The SMILES string of the molecule is Cc1ccccc1CN1CCNC(=O)C1. The van der Waals surface area contributed by atoms with Crippen molar-refractivity contribution in [3.05, 3.63) is 35.4 Å². The van der Waals surface area contributed by atoms with Crippen molar-refractivity contribution in [2.75, 3.05) is 19.6 Å². The van der Waals surface area contributed by atoms with Crippen molar-refractivity contribution >= 4 is 5.91 Å². The third kappa shape index (κ3) is 2.57. The summed E-state index contributed by atoms with van der Waals surface area (Å²) >= 11 is 0. The first-order valence-corrected chi connectivity index (χ1v) is 5.29. The number of aryl methyl sites for hydroxylation is 1. The van der Waals surface area contributed by atoms with Crippen LogP contribution in [0.15, 0.2) is 24.3 Å². The zero-order chi connectivity index (χ0) is 10.7. The maximum absolute atomic E-state index is 11.2. The fraction of sp³-hybridized carbons (Fsp3) is 0.417. The van der Waals surface area contributed by atoms with E-state index < -0.39 is 0 Å². The Labute approximate surface area is 90.1 Å². The molecule has 1 fully saturated rings. The van der Waals surface area contributed by atoms with Crippen molar-refractivity contribution in [2.45, 2.75) is 13.5 Å². The summed E-state index contributed by atoms with van der Waals surface area (Å²) in [5.74, 6) is 0.134. The normalized spacial score (nSPS) is 17.5. The highest BCUT2D eigenvalue weighted by molar-refractivity contribution is 5.78. The lowest BCUT2D eigenvalue weighted by Crippen LogP contribution is -2.47. The number of hydrogen-bond acceptors (Lipinski definition) is 2. The van der Waals surface area contributed by atoms with Gasteiger partial charge in [-0.2, -0.15) is 0 Å². The highest BCUT2D eigenvalue weighted by Crippen LogP contribution is 2.10. The molecule has 3 heteroatoms. The number of piperazine rings is 1. The van der Waals surface area contributed by atoms with Crippen LogP contribution in [-0.4, -0.2) is 30.4 Å². The van der Waals surface area contributed by atoms with Crippen molar-refractivity contribution in [3.63, 3.8) is 0 Å². The zero-order valence-electron chi connectivity index (χ0n) is 8.99. The molecule has 1 aromatic carbocycles. The summed E-state index contributed by atoms with van der Waals surface area (Å²) in [6.45, 7) is 5.22. The molecule has 3 nitrogen and oxygen atoms in total. The first-order chi connectivity index (χ1) is 7.25. The van der Waals surface area contributed by atoms with Crippen LogP contribution in [0, 0.1) is 6.92 Å². The topological polar surface area (TPSA) is 32.3 Å². The Hall–Kier alpha value is -1.35. The first kappa shape index (κ1) is 10.2. The number of benzene rings is 1. The number of nitrogens with one attached hydrogen (secondary N) is 1. The van der Waals surface area contributed by atoms with E-state index in [1.807, 2.05) is 12.1 Å². The monoisotopic (exact) mass is 204 g/mol. The van der Waals surface area contributed by atoms with Gasteiger partial charge in [-0.3, -0.25) is 9.69 Å². The van der Waals surface area contributed by atoms with Gasteiger partial charge < -0.3 is 5.32 Å². The van der Waals surface area contributed by atoms with E-state index in [2.05, 4.69) is 29.3 Å². The average Bonchev–Trinajstić information content (AvgIpc) is 2.22. The molecule has 0 spiro atoms. The van der Waals surface area contributed by atoms with Gasteiger partial charge >= 0.3 is 0 Å². The lowest BCUT2D eigenvalue weighted by atomic mass is 10.1. The summed E-state index contributed by atoms with van der Waals surface area (Å²) in [7, 11) is 0. The van der Waals surface area contributed by atoms with E-state index in [-0.39, 0.29) is 5.91 Å². The predicted molar refractivity (Wildman–Crippen MR) is 59.5 cm³/mol. The third-order valence-corrected chi connectivity index (χ3v) is 2.77. The van der Waals surface area contributed by atoms with Crippen molar-refractivity contribution < 1.29 is 4.79 Å². The molecule has 0 unspecified atom stereocenters. The standard InChI is InChI=1S/C12H16N2O/c1-10-4-2-3-5-11(10)8-14-7-6-13-12(15)9-14/h2-5H,6-9H2,1H3,(H,13,15). The molecule has 1 N–H and O–H groups in total. The van der Waals surface area contributed by atoms with Crippen LogP contribution in [-0.2, 0) is 11.3 Å². The van der Waals surface area contributed by atoms with Crippen molar-refractivity contribution in [1.82, 2.24) is 10.2 Å². The van der Waals surface area contributed by atoms with Gasteiger partial charge in [-0.25, -0.2) is 0 Å². The summed E-state index contributed by atoms with van der Waals surface area (Å²) in [4.78, 5) is 13.4. The minimum absolute atomic E-state index is 0.134. The van der Waals surface area contributed by atoms with E-state index >= 15 is 0 Å². The Bertz CT molecular complexity index is 362. The summed E-state index contributed by atoms with van der Waals surface area (Å²) in [6, 6.07) is 8.33. The molecule has 80 valence electrons. The Balaban J connectivity index is 2.02. The Kier molecular flexibility index (Phi) is 3.02. The molecule has 1 aliphatic heterocycles. The second kappa shape index (κ2) is 4.45. The molecule has 0 atom stereocenters. The van der Waals surface area contributed by atoms with E-state index in [1.54, 1.807) is 0 Å². The quantitative estimate of drug-likeness (QED) is 0.777. The van der Waals surface area contributed by atoms with Gasteiger partial charge in [-0.05, 0) is 18.1 Å². The van der Waals surface area contributed by atoms with Crippen molar-refractivity contribution in [1.29, 1.82) is 0 Å². The van der Waals surface area contributed by atoms with Crippen LogP contribution in [0.1, 0.15) is 11.1 Å². The first-order valence-electron chi connectivity index (χ1n) is 5.29. The molecular weight excluding hydrogens is 188 g/mol. The second-order valence-corrected chi connectivity index (χ2v) is 3.99. The molecule has 1 amide bonds. The molecule has 2 rings (SSSR count). The van der Waals surface area contributed by atoms with Gasteiger partial charge in [0.05, 0.1) is 6.54 Å². The number of rotatable bonds is 2. The second-order valence-electron chi connectivity index (χ2n) is 3.99. The number of nitrogens with zero attached hydrogens (tertiary/aromatic N) is 1. The van der Waals surface area contributed by atoms with Gasteiger partial charge in [0.15, 0.2) is 0 Å². The lowest BCUT2D eigenvalue weighted by Gasteiger charge is -2.26. The van der Waals surface area contributed by atoms with Crippen LogP contribution in [0.5, 0.6) is 0 Å². The molecule has 1 heterocycles. The van der Waals surface area contributed by atoms with Crippen LogP contribution in [0.3, 0.4) is 0 Å². The van der Waals surface area contributed by atoms with Crippen molar-refractivity contribution in [3.8, 4) is 0 Å². The molecule has 15 heavy (non-hydrogen) atoms. The van der Waals surface area contributed by atoms with E-state index in [0.29, 0.717) is 6.54 Å². The van der Waals surface area contributed by atoms with E-state index in [4.69, 9.17) is 0 Å². The molecule has 0 radical (unpaired) electrons. The predicted octanol–water partition coefficient (Wildman–Crippen LogP) is 0.927. The minimum Gasteiger partial charge on any atom is -0.354 e. The largest absolute Gasteiger partial charge is 0.354 e. The van der Waals surface area contributed by atoms with Crippen LogP contribution >= 0.6 is 0 Å². The maximum atomic E-state index is 11.2. The van der Waals surface area contributed by atoms with Crippen LogP contribution in [0.2, 0.25) is 0 Å². The van der Waals surface area contributed by atoms with E-state index in [9.17, 15) is 4.79 Å². The number of amides is 1. The Morgan fingerprint density at radius 1 is 1.40 bits per heavy atom.